The lowest BCUT2D eigenvalue weighted by Crippen LogP contribution is -2.20. The summed E-state index contributed by atoms with van der Waals surface area (Å²) >= 11 is 0. The highest BCUT2D eigenvalue weighted by molar-refractivity contribution is 5.88. The fourth-order valence-corrected chi connectivity index (χ4v) is 3.83. The van der Waals surface area contributed by atoms with Crippen LogP contribution >= 0.6 is 0 Å². The first-order valence-corrected chi connectivity index (χ1v) is 10.9. The smallest absolute Gasteiger partial charge is 0.282 e. The number of hydrogen-bond donors (Lipinski definition) is 0. The van der Waals surface area contributed by atoms with Crippen LogP contribution in [0.15, 0.2) is 81.0 Å². The zero-order valence-electron chi connectivity index (χ0n) is 19.5. The summed E-state index contributed by atoms with van der Waals surface area (Å²) in [5.41, 5.74) is 1.42. The van der Waals surface area contributed by atoms with Gasteiger partial charge >= 0.3 is 0 Å². The van der Waals surface area contributed by atoms with Gasteiger partial charge in [0.25, 0.3) is 5.56 Å². The number of ether oxygens (including phenoxy) is 3. The highest BCUT2D eigenvalue weighted by atomic mass is 16.5. The maximum Gasteiger partial charge on any atom is 0.282 e. The monoisotopic (exact) mass is 480 g/mol. The molecular weight excluding hydrogens is 460 g/mol. The Balaban J connectivity index is 1.65. The maximum atomic E-state index is 13.4. The first-order valence-electron chi connectivity index (χ1n) is 10.9. The van der Waals surface area contributed by atoms with Crippen LogP contribution in [0.1, 0.15) is 5.56 Å². The van der Waals surface area contributed by atoms with Crippen molar-refractivity contribution in [3.63, 3.8) is 0 Å². The maximum absolute atomic E-state index is 13.4. The van der Waals surface area contributed by atoms with Gasteiger partial charge < -0.3 is 18.6 Å². The number of fused-ring (bicyclic) bond motifs is 2. The highest BCUT2D eigenvalue weighted by Gasteiger charge is 2.18. The van der Waals surface area contributed by atoms with E-state index < -0.39 is 0 Å². The predicted octanol–water partition coefficient (Wildman–Crippen LogP) is 4.61. The van der Waals surface area contributed by atoms with E-state index in [-0.39, 0.29) is 18.0 Å². The van der Waals surface area contributed by atoms with Crippen molar-refractivity contribution in [3.8, 4) is 34.9 Å². The van der Waals surface area contributed by atoms with Crippen LogP contribution in [0.5, 0.6) is 17.2 Å². The van der Waals surface area contributed by atoms with Crippen molar-refractivity contribution in [1.29, 1.82) is 5.26 Å². The molecule has 0 spiro atoms. The van der Waals surface area contributed by atoms with Crippen LogP contribution in [0.2, 0.25) is 0 Å². The summed E-state index contributed by atoms with van der Waals surface area (Å²) in [5.74, 6) is 2.12. The number of nitriles is 1. The van der Waals surface area contributed by atoms with Gasteiger partial charge in [-0.1, -0.05) is 18.2 Å². The number of hydrogen-bond acceptors (Lipinski definition) is 8. The van der Waals surface area contributed by atoms with Crippen LogP contribution in [0.4, 0.5) is 0 Å². The van der Waals surface area contributed by atoms with Gasteiger partial charge in [0.15, 0.2) is 23.9 Å². The molecule has 0 amide bonds. The van der Waals surface area contributed by atoms with Gasteiger partial charge in [-0.2, -0.15) is 15.0 Å². The largest absolute Gasteiger partial charge is 0.496 e. The molecule has 5 aromatic rings. The van der Waals surface area contributed by atoms with E-state index in [4.69, 9.17) is 28.9 Å². The van der Waals surface area contributed by atoms with Crippen molar-refractivity contribution < 1.29 is 18.6 Å². The van der Waals surface area contributed by atoms with Crippen molar-refractivity contribution in [2.45, 2.75) is 0 Å². The molecule has 2 heterocycles. The first-order chi connectivity index (χ1) is 17.6. The van der Waals surface area contributed by atoms with Crippen LogP contribution in [0.3, 0.4) is 0 Å². The second-order valence-electron chi connectivity index (χ2n) is 7.65. The molecule has 0 radical (unpaired) electrons. The Bertz CT molecular complexity index is 1710. The number of nitrogens with zero attached hydrogens (tertiary/aromatic N) is 4. The van der Waals surface area contributed by atoms with Gasteiger partial charge in [-0.15, -0.1) is 0 Å². The van der Waals surface area contributed by atoms with E-state index in [9.17, 15) is 4.79 Å². The van der Waals surface area contributed by atoms with Crippen molar-refractivity contribution in [3.05, 3.63) is 82.6 Å². The number of furan rings is 1. The molecule has 178 valence electrons. The summed E-state index contributed by atoms with van der Waals surface area (Å²) in [5, 5.41) is 14.4. The fourth-order valence-electron chi connectivity index (χ4n) is 3.83. The molecule has 0 bridgehead atoms. The van der Waals surface area contributed by atoms with Crippen molar-refractivity contribution in [1.82, 2.24) is 9.66 Å². The quantitative estimate of drug-likeness (QED) is 0.313. The van der Waals surface area contributed by atoms with Gasteiger partial charge in [0.2, 0.25) is 5.82 Å². The van der Waals surface area contributed by atoms with Gasteiger partial charge in [-0.3, -0.25) is 4.79 Å². The number of aromatic nitrogens is 2. The van der Waals surface area contributed by atoms with Crippen LogP contribution in [-0.4, -0.2) is 36.7 Å². The normalized spacial score (nSPS) is 11.1. The van der Waals surface area contributed by atoms with Gasteiger partial charge in [0.05, 0.1) is 36.7 Å². The molecule has 0 atom stereocenters. The molecule has 0 aliphatic carbocycles. The summed E-state index contributed by atoms with van der Waals surface area (Å²) in [6.07, 6.45) is 1.52. The van der Waals surface area contributed by atoms with Crippen molar-refractivity contribution in [2.75, 3.05) is 20.8 Å². The Morgan fingerprint density at radius 2 is 1.83 bits per heavy atom. The minimum atomic E-state index is -0.347. The van der Waals surface area contributed by atoms with E-state index in [2.05, 4.69) is 5.10 Å². The summed E-state index contributed by atoms with van der Waals surface area (Å²) < 4.78 is 23.4. The van der Waals surface area contributed by atoms with E-state index >= 15 is 0 Å². The van der Waals surface area contributed by atoms with Crippen molar-refractivity contribution >= 4 is 28.1 Å². The van der Waals surface area contributed by atoms with Crippen molar-refractivity contribution in [2.24, 2.45) is 5.10 Å². The van der Waals surface area contributed by atoms with E-state index in [0.717, 1.165) is 5.39 Å². The van der Waals surface area contributed by atoms with E-state index in [1.165, 1.54) is 18.0 Å². The molecule has 9 nitrogen and oxygen atoms in total. The fraction of sp³-hybridized carbons (Fsp3) is 0.111. The lowest BCUT2D eigenvalue weighted by molar-refractivity contribution is 0.329. The van der Waals surface area contributed by atoms with Gasteiger partial charge in [-0.05, 0) is 54.1 Å². The summed E-state index contributed by atoms with van der Waals surface area (Å²) in [7, 11) is 3.09. The third-order valence-corrected chi connectivity index (χ3v) is 5.52. The van der Waals surface area contributed by atoms with Gasteiger partial charge in [-0.25, -0.2) is 4.98 Å². The van der Waals surface area contributed by atoms with Gasteiger partial charge in [0, 0.05) is 0 Å². The Morgan fingerprint density at radius 1 is 1.00 bits per heavy atom. The predicted molar refractivity (Wildman–Crippen MR) is 135 cm³/mol. The minimum Gasteiger partial charge on any atom is -0.496 e. The van der Waals surface area contributed by atoms with Crippen LogP contribution in [0.25, 0.3) is 33.5 Å². The molecule has 0 aliphatic heterocycles. The topological polar surface area (TPSA) is 112 Å². The van der Waals surface area contributed by atoms with Gasteiger partial charge in [0.1, 0.15) is 17.4 Å². The SMILES string of the molecule is COc1cc(C=Nn2c(-c3cc4c(OC)cccc4o3)nc3ccccc3c2=O)ccc1OCC#N. The summed E-state index contributed by atoms with van der Waals surface area (Å²) in [4.78, 5) is 18.1. The first kappa shape index (κ1) is 22.7. The molecule has 0 fully saturated rings. The van der Waals surface area contributed by atoms with E-state index in [0.29, 0.717) is 45.1 Å². The van der Waals surface area contributed by atoms with Crippen LogP contribution in [0, 0.1) is 11.3 Å². The molecule has 5 rings (SSSR count). The second kappa shape index (κ2) is 9.64. The standard InChI is InChI=1S/C27H20N4O5/c1-33-21-8-5-9-22-19(21)15-25(36-22)26-30-20-7-4-3-6-18(20)27(32)31(26)29-16-17-10-11-23(35-13-12-28)24(14-17)34-2/h3-11,14-16H,13H2,1-2H3. The Hall–Kier alpha value is -5.10. The number of para-hydroxylation sites is 1. The summed E-state index contributed by atoms with van der Waals surface area (Å²) in [6, 6.07) is 21.3. The Morgan fingerprint density at radius 3 is 2.64 bits per heavy atom. The zero-order chi connectivity index (χ0) is 25.1. The average Bonchev–Trinajstić information content (AvgIpc) is 3.36. The number of methoxy groups -OCH3 is 2. The Kier molecular flexibility index (Phi) is 6.07. The third-order valence-electron chi connectivity index (χ3n) is 5.52. The van der Waals surface area contributed by atoms with E-state index in [1.807, 2.05) is 30.3 Å². The minimum absolute atomic E-state index is 0.104. The van der Waals surface area contributed by atoms with Crippen LogP contribution in [-0.2, 0) is 0 Å². The molecule has 3 aromatic carbocycles. The Labute approximate surface area is 205 Å². The molecule has 9 heteroatoms. The second-order valence-corrected chi connectivity index (χ2v) is 7.65. The highest BCUT2D eigenvalue weighted by Crippen LogP contribution is 2.33. The van der Waals surface area contributed by atoms with E-state index in [1.54, 1.807) is 49.6 Å². The third kappa shape index (κ3) is 4.12. The average molecular weight is 480 g/mol. The molecule has 2 aromatic heterocycles. The lowest BCUT2D eigenvalue weighted by Gasteiger charge is -2.09. The number of rotatable bonds is 7. The molecule has 36 heavy (non-hydrogen) atoms. The van der Waals surface area contributed by atoms with Crippen LogP contribution < -0.4 is 19.8 Å². The zero-order valence-corrected chi connectivity index (χ0v) is 19.5. The molecule has 0 aliphatic rings. The molecule has 0 unspecified atom stereocenters. The molecule has 0 saturated carbocycles. The molecule has 0 saturated heterocycles. The lowest BCUT2D eigenvalue weighted by atomic mass is 10.2. The summed E-state index contributed by atoms with van der Waals surface area (Å²) in [6.45, 7) is -0.104. The molecular formula is C27H20N4O5. The molecule has 0 N–H and O–H groups in total. The number of benzene rings is 3.